The Hall–Kier alpha value is -2.18. The van der Waals surface area contributed by atoms with E-state index in [-0.39, 0.29) is 16.8 Å². The van der Waals surface area contributed by atoms with Crippen molar-refractivity contribution >= 4 is 21.6 Å². The minimum Gasteiger partial charge on any atom is -0.326 e. The van der Waals surface area contributed by atoms with E-state index in [1.807, 2.05) is 38.1 Å². The first kappa shape index (κ1) is 17.6. The van der Waals surface area contributed by atoms with Gasteiger partial charge in [0.25, 0.3) is 0 Å². The highest BCUT2D eigenvalue weighted by Gasteiger charge is 2.23. The van der Waals surface area contributed by atoms with Crippen LogP contribution in [0.3, 0.4) is 0 Å². The van der Waals surface area contributed by atoms with Crippen LogP contribution in [0.5, 0.6) is 0 Å². The van der Waals surface area contributed by atoms with Crippen molar-refractivity contribution in [2.24, 2.45) is 0 Å². The summed E-state index contributed by atoms with van der Waals surface area (Å²) >= 11 is 0. The normalized spacial score (nSPS) is 15.4. The molecule has 5 nitrogen and oxygen atoms in total. The van der Waals surface area contributed by atoms with Crippen LogP contribution in [-0.2, 0) is 21.2 Å². The van der Waals surface area contributed by atoms with E-state index in [9.17, 15) is 13.2 Å². The Morgan fingerprint density at radius 3 is 2.52 bits per heavy atom. The number of nitrogens with one attached hydrogen (secondary N) is 2. The molecule has 1 aliphatic heterocycles. The number of carbonyl (C=O) groups is 1. The van der Waals surface area contributed by atoms with Gasteiger partial charge in [-0.05, 0) is 49.1 Å². The molecule has 0 unspecified atom stereocenters. The first-order valence-corrected chi connectivity index (χ1v) is 9.89. The Morgan fingerprint density at radius 1 is 1.12 bits per heavy atom. The van der Waals surface area contributed by atoms with E-state index >= 15 is 0 Å². The molecule has 0 saturated carbocycles. The van der Waals surface area contributed by atoms with E-state index in [2.05, 4.69) is 10.0 Å². The lowest BCUT2D eigenvalue weighted by Crippen LogP contribution is -2.28. The van der Waals surface area contributed by atoms with Gasteiger partial charge in [0.05, 0.1) is 4.90 Å². The lowest BCUT2D eigenvalue weighted by Gasteiger charge is -2.20. The third kappa shape index (κ3) is 3.91. The van der Waals surface area contributed by atoms with Gasteiger partial charge in [0.15, 0.2) is 0 Å². The highest BCUT2D eigenvalue weighted by atomic mass is 32.2. The maximum atomic E-state index is 12.8. The summed E-state index contributed by atoms with van der Waals surface area (Å²) in [5.74, 6) is -0.0355. The molecule has 25 heavy (non-hydrogen) atoms. The number of hydrogen-bond donors (Lipinski definition) is 2. The van der Waals surface area contributed by atoms with Gasteiger partial charge < -0.3 is 5.32 Å². The molecule has 0 radical (unpaired) electrons. The molecule has 1 amide bonds. The van der Waals surface area contributed by atoms with Gasteiger partial charge in [-0.2, -0.15) is 0 Å². The zero-order valence-electron chi connectivity index (χ0n) is 14.4. The fraction of sp³-hybridized carbons (Fsp3) is 0.316. The van der Waals surface area contributed by atoms with Crippen molar-refractivity contribution in [1.82, 2.24) is 4.72 Å². The van der Waals surface area contributed by atoms with Crippen LogP contribution in [0.2, 0.25) is 0 Å². The smallest absolute Gasteiger partial charge is 0.241 e. The van der Waals surface area contributed by atoms with Gasteiger partial charge in [-0.15, -0.1) is 0 Å². The minimum atomic E-state index is -3.64. The average molecular weight is 358 g/mol. The number of rotatable bonds is 5. The molecule has 2 aromatic carbocycles. The lowest BCUT2D eigenvalue weighted by atomic mass is 10.0. The molecule has 0 saturated heterocycles. The largest absolute Gasteiger partial charge is 0.326 e. The summed E-state index contributed by atoms with van der Waals surface area (Å²) in [6.07, 6.45) is 1.59. The van der Waals surface area contributed by atoms with Crippen molar-refractivity contribution in [3.8, 4) is 0 Å². The molecule has 1 heterocycles. The average Bonchev–Trinajstić information content (AvgIpc) is 2.60. The first-order chi connectivity index (χ1) is 11.9. The minimum absolute atomic E-state index is 0.0355. The lowest BCUT2D eigenvalue weighted by molar-refractivity contribution is -0.116. The van der Waals surface area contributed by atoms with Gasteiger partial charge in [-0.3, -0.25) is 4.79 Å². The topological polar surface area (TPSA) is 75.3 Å². The van der Waals surface area contributed by atoms with Crippen molar-refractivity contribution in [3.05, 3.63) is 59.2 Å². The van der Waals surface area contributed by atoms with Crippen LogP contribution in [0.4, 0.5) is 5.69 Å². The van der Waals surface area contributed by atoms with Crippen LogP contribution < -0.4 is 10.0 Å². The molecular weight excluding hydrogens is 336 g/mol. The maximum absolute atomic E-state index is 12.8. The van der Waals surface area contributed by atoms with Crippen LogP contribution in [0.15, 0.2) is 47.4 Å². The van der Waals surface area contributed by atoms with E-state index in [0.29, 0.717) is 24.9 Å². The Labute approximate surface area is 148 Å². The van der Waals surface area contributed by atoms with E-state index in [4.69, 9.17) is 0 Å². The number of aryl methyl sites for hydroxylation is 2. The number of benzene rings is 2. The van der Waals surface area contributed by atoms with E-state index < -0.39 is 10.0 Å². The second-order valence-electron chi connectivity index (χ2n) is 6.36. The molecule has 132 valence electrons. The van der Waals surface area contributed by atoms with Crippen LogP contribution in [-0.4, -0.2) is 14.3 Å². The van der Waals surface area contributed by atoms with Crippen molar-refractivity contribution in [2.75, 3.05) is 5.32 Å². The Kier molecular flexibility index (Phi) is 4.92. The highest BCUT2D eigenvalue weighted by Crippen LogP contribution is 2.27. The van der Waals surface area contributed by atoms with E-state index in [1.165, 1.54) is 6.07 Å². The maximum Gasteiger partial charge on any atom is 0.241 e. The predicted octanol–water partition coefficient (Wildman–Crippen LogP) is 3.31. The van der Waals surface area contributed by atoms with Crippen molar-refractivity contribution in [1.29, 1.82) is 0 Å². The molecule has 2 aromatic rings. The SMILES string of the molecule is CC[C@H](NS(=O)(=O)c1ccc2c(c1)CCC(=O)N2)c1ccc(C)cc1. The number of hydrogen-bond acceptors (Lipinski definition) is 3. The number of amides is 1. The molecule has 0 spiro atoms. The van der Waals surface area contributed by atoms with Crippen LogP contribution >= 0.6 is 0 Å². The van der Waals surface area contributed by atoms with Crippen molar-refractivity contribution < 1.29 is 13.2 Å². The van der Waals surface area contributed by atoms with Crippen LogP contribution in [0.25, 0.3) is 0 Å². The summed E-state index contributed by atoms with van der Waals surface area (Å²) in [5.41, 5.74) is 3.63. The van der Waals surface area contributed by atoms with E-state index in [1.54, 1.807) is 12.1 Å². The molecule has 0 aliphatic carbocycles. The second-order valence-corrected chi connectivity index (χ2v) is 8.07. The molecule has 2 N–H and O–H groups in total. The number of fused-ring (bicyclic) bond motifs is 1. The molecule has 1 atom stereocenters. The van der Waals surface area contributed by atoms with Crippen molar-refractivity contribution in [2.45, 2.75) is 44.0 Å². The molecule has 1 aliphatic rings. The third-order valence-electron chi connectivity index (χ3n) is 4.47. The number of anilines is 1. The van der Waals surface area contributed by atoms with Gasteiger partial charge in [0, 0.05) is 18.2 Å². The Bertz CT molecular complexity index is 889. The zero-order valence-corrected chi connectivity index (χ0v) is 15.2. The Morgan fingerprint density at radius 2 is 1.84 bits per heavy atom. The molecule has 0 aromatic heterocycles. The second kappa shape index (κ2) is 6.98. The molecule has 0 fully saturated rings. The molecule has 6 heteroatoms. The van der Waals surface area contributed by atoms with E-state index in [0.717, 1.165) is 16.7 Å². The first-order valence-electron chi connectivity index (χ1n) is 8.40. The predicted molar refractivity (Wildman–Crippen MR) is 97.9 cm³/mol. The zero-order chi connectivity index (χ0) is 18.0. The number of sulfonamides is 1. The molecular formula is C19H22N2O3S. The summed E-state index contributed by atoms with van der Waals surface area (Å²) in [7, 11) is -3.64. The molecule has 3 rings (SSSR count). The van der Waals surface area contributed by atoms with Crippen LogP contribution in [0, 0.1) is 6.92 Å². The van der Waals surface area contributed by atoms with Crippen LogP contribution in [0.1, 0.15) is 42.5 Å². The Balaban J connectivity index is 1.85. The standard InChI is InChI=1S/C19H22N2O3S/c1-3-17(14-6-4-13(2)5-7-14)21-25(23,24)16-9-10-18-15(12-16)8-11-19(22)20-18/h4-7,9-10,12,17,21H,3,8,11H2,1-2H3,(H,20,22)/t17-/m0/s1. The monoisotopic (exact) mass is 358 g/mol. The summed E-state index contributed by atoms with van der Waals surface area (Å²) in [4.78, 5) is 11.7. The fourth-order valence-electron chi connectivity index (χ4n) is 2.97. The number of carbonyl (C=O) groups excluding carboxylic acids is 1. The molecule has 0 bridgehead atoms. The summed E-state index contributed by atoms with van der Waals surface area (Å²) in [6.45, 7) is 3.95. The van der Waals surface area contributed by atoms with Gasteiger partial charge in [0.2, 0.25) is 15.9 Å². The van der Waals surface area contributed by atoms with Crippen molar-refractivity contribution in [3.63, 3.8) is 0 Å². The van der Waals surface area contributed by atoms with Gasteiger partial charge in [-0.1, -0.05) is 36.8 Å². The van der Waals surface area contributed by atoms with Gasteiger partial charge >= 0.3 is 0 Å². The van der Waals surface area contributed by atoms with Gasteiger partial charge in [-0.25, -0.2) is 13.1 Å². The fourth-order valence-corrected chi connectivity index (χ4v) is 4.33. The summed E-state index contributed by atoms with van der Waals surface area (Å²) in [5, 5.41) is 2.77. The highest BCUT2D eigenvalue weighted by molar-refractivity contribution is 7.89. The third-order valence-corrected chi connectivity index (χ3v) is 5.94. The summed E-state index contributed by atoms with van der Waals surface area (Å²) < 4.78 is 28.4. The van der Waals surface area contributed by atoms with Gasteiger partial charge in [0.1, 0.15) is 0 Å². The quantitative estimate of drug-likeness (QED) is 0.861. The summed E-state index contributed by atoms with van der Waals surface area (Å²) in [6, 6.07) is 12.4.